The summed E-state index contributed by atoms with van der Waals surface area (Å²) in [4.78, 5) is 14.5. The maximum Gasteiger partial charge on any atom is 0.251 e. The lowest BCUT2D eigenvalue weighted by Gasteiger charge is -2.35. The molecule has 2 unspecified atom stereocenters. The van der Waals surface area contributed by atoms with Crippen molar-refractivity contribution in [2.75, 3.05) is 13.6 Å². The normalized spacial score (nSPS) is 24.2. The van der Waals surface area contributed by atoms with Crippen LogP contribution in [0, 0.1) is 12.7 Å². The smallest absolute Gasteiger partial charge is 0.251 e. The fourth-order valence-corrected chi connectivity index (χ4v) is 2.57. The molecule has 1 aliphatic heterocycles. The van der Waals surface area contributed by atoms with Gasteiger partial charge in [-0.1, -0.05) is 0 Å². The van der Waals surface area contributed by atoms with Gasteiger partial charge in [-0.25, -0.2) is 4.39 Å². The monoisotopic (exact) mass is 264 g/mol. The number of piperidine rings is 1. The molecule has 4 heteroatoms. The number of amides is 1. The van der Waals surface area contributed by atoms with Crippen LogP contribution in [0.4, 0.5) is 4.39 Å². The molecular formula is C15H21FN2O. The lowest BCUT2D eigenvalue weighted by Crippen LogP contribution is -2.47. The van der Waals surface area contributed by atoms with Gasteiger partial charge < -0.3 is 10.2 Å². The van der Waals surface area contributed by atoms with E-state index in [-0.39, 0.29) is 17.8 Å². The molecule has 1 saturated heterocycles. The fourth-order valence-electron chi connectivity index (χ4n) is 2.57. The van der Waals surface area contributed by atoms with Crippen LogP contribution in [0.25, 0.3) is 0 Å². The molecule has 2 atom stereocenters. The summed E-state index contributed by atoms with van der Waals surface area (Å²) < 4.78 is 13.0. The minimum absolute atomic E-state index is 0.0979. The van der Waals surface area contributed by atoms with E-state index in [9.17, 15) is 9.18 Å². The van der Waals surface area contributed by atoms with E-state index in [0.29, 0.717) is 17.2 Å². The summed E-state index contributed by atoms with van der Waals surface area (Å²) in [6.07, 6.45) is 1.93. The first kappa shape index (κ1) is 14.0. The first-order valence-corrected chi connectivity index (χ1v) is 6.74. The molecule has 0 radical (unpaired) electrons. The third kappa shape index (κ3) is 3.32. The Kier molecular flexibility index (Phi) is 4.20. The van der Waals surface area contributed by atoms with Crippen molar-refractivity contribution in [3.05, 3.63) is 35.1 Å². The van der Waals surface area contributed by atoms with Gasteiger partial charge in [0.1, 0.15) is 5.82 Å². The van der Waals surface area contributed by atoms with Gasteiger partial charge in [0, 0.05) is 24.2 Å². The first-order valence-electron chi connectivity index (χ1n) is 6.74. The van der Waals surface area contributed by atoms with Gasteiger partial charge in [-0.2, -0.15) is 0 Å². The second kappa shape index (κ2) is 5.70. The third-order valence-corrected chi connectivity index (χ3v) is 3.98. The minimum Gasteiger partial charge on any atom is -0.349 e. The summed E-state index contributed by atoms with van der Waals surface area (Å²) in [5, 5.41) is 3.06. The van der Waals surface area contributed by atoms with Gasteiger partial charge >= 0.3 is 0 Å². The number of hydrogen-bond donors (Lipinski definition) is 1. The van der Waals surface area contributed by atoms with Crippen LogP contribution in [0.1, 0.15) is 35.7 Å². The number of nitrogens with zero attached hydrogens (tertiary/aromatic N) is 1. The summed E-state index contributed by atoms with van der Waals surface area (Å²) in [5.41, 5.74) is 1.24. The molecule has 19 heavy (non-hydrogen) atoms. The summed E-state index contributed by atoms with van der Waals surface area (Å²) in [7, 11) is 2.10. The number of hydrogen-bond acceptors (Lipinski definition) is 2. The van der Waals surface area contributed by atoms with Gasteiger partial charge in [-0.05, 0) is 57.5 Å². The van der Waals surface area contributed by atoms with Crippen molar-refractivity contribution in [2.24, 2.45) is 0 Å². The molecule has 1 heterocycles. The number of likely N-dealkylation sites (tertiary alicyclic amines) is 1. The maximum absolute atomic E-state index is 13.0. The van der Waals surface area contributed by atoms with Gasteiger partial charge in [-0.15, -0.1) is 0 Å². The molecule has 1 aromatic rings. The Morgan fingerprint density at radius 1 is 1.47 bits per heavy atom. The molecule has 0 bridgehead atoms. The van der Waals surface area contributed by atoms with Gasteiger partial charge in [0.2, 0.25) is 0 Å². The van der Waals surface area contributed by atoms with E-state index in [1.165, 1.54) is 12.1 Å². The number of nitrogens with one attached hydrogen (secondary N) is 1. The molecule has 1 aromatic carbocycles. The van der Waals surface area contributed by atoms with E-state index in [1.807, 2.05) is 0 Å². The lowest BCUT2D eigenvalue weighted by molar-refractivity contribution is 0.0896. The predicted octanol–water partition coefficient (Wildman–Crippen LogP) is 2.35. The molecule has 2 rings (SSSR count). The molecule has 1 N–H and O–H groups in total. The highest BCUT2D eigenvalue weighted by Gasteiger charge is 2.24. The van der Waals surface area contributed by atoms with Crippen LogP contribution in [0.3, 0.4) is 0 Å². The van der Waals surface area contributed by atoms with Gasteiger partial charge in [0.15, 0.2) is 0 Å². The van der Waals surface area contributed by atoms with Crippen molar-refractivity contribution in [2.45, 2.75) is 38.8 Å². The summed E-state index contributed by atoms with van der Waals surface area (Å²) >= 11 is 0. The van der Waals surface area contributed by atoms with Crippen molar-refractivity contribution < 1.29 is 9.18 Å². The zero-order chi connectivity index (χ0) is 14.0. The molecule has 0 saturated carbocycles. The summed E-state index contributed by atoms with van der Waals surface area (Å²) in [5.74, 6) is -0.402. The van der Waals surface area contributed by atoms with Crippen molar-refractivity contribution in [1.29, 1.82) is 0 Å². The van der Waals surface area contributed by atoms with Gasteiger partial charge in [-0.3, -0.25) is 4.79 Å². The zero-order valence-corrected chi connectivity index (χ0v) is 11.7. The Labute approximate surface area is 113 Å². The third-order valence-electron chi connectivity index (χ3n) is 3.98. The minimum atomic E-state index is -0.304. The number of carbonyl (C=O) groups is 1. The number of aryl methyl sites for hydroxylation is 1. The molecular weight excluding hydrogens is 243 g/mol. The number of carbonyl (C=O) groups excluding carboxylic acids is 1. The zero-order valence-electron chi connectivity index (χ0n) is 11.7. The number of benzene rings is 1. The predicted molar refractivity (Wildman–Crippen MR) is 73.7 cm³/mol. The Morgan fingerprint density at radius 3 is 2.84 bits per heavy atom. The fraction of sp³-hybridized carbons (Fsp3) is 0.533. The second-order valence-electron chi connectivity index (χ2n) is 5.48. The van der Waals surface area contributed by atoms with E-state index < -0.39 is 0 Å². The van der Waals surface area contributed by atoms with E-state index in [0.717, 1.165) is 19.4 Å². The molecule has 1 fully saturated rings. The highest BCUT2D eigenvalue weighted by molar-refractivity contribution is 5.95. The van der Waals surface area contributed by atoms with Crippen molar-refractivity contribution in [1.82, 2.24) is 10.2 Å². The quantitative estimate of drug-likeness (QED) is 0.889. The van der Waals surface area contributed by atoms with Crippen LogP contribution in [0.15, 0.2) is 18.2 Å². The average molecular weight is 264 g/mol. The van der Waals surface area contributed by atoms with E-state index in [2.05, 4.69) is 24.2 Å². The molecule has 0 aromatic heterocycles. The van der Waals surface area contributed by atoms with Gasteiger partial charge in [0.25, 0.3) is 5.91 Å². The van der Waals surface area contributed by atoms with Crippen LogP contribution < -0.4 is 5.32 Å². The highest BCUT2D eigenvalue weighted by atomic mass is 19.1. The van der Waals surface area contributed by atoms with Crippen LogP contribution >= 0.6 is 0 Å². The molecule has 1 amide bonds. The van der Waals surface area contributed by atoms with Gasteiger partial charge in [0.05, 0.1) is 0 Å². The lowest BCUT2D eigenvalue weighted by atomic mass is 9.98. The topological polar surface area (TPSA) is 32.3 Å². The molecule has 0 spiro atoms. The summed E-state index contributed by atoms with van der Waals surface area (Å²) in [6.45, 7) is 4.92. The van der Waals surface area contributed by atoms with E-state index >= 15 is 0 Å². The Hall–Kier alpha value is -1.42. The van der Waals surface area contributed by atoms with Crippen molar-refractivity contribution in [3.8, 4) is 0 Å². The van der Waals surface area contributed by atoms with E-state index in [1.54, 1.807) is 13.0 Å². The van der Waals surface area contributed by atoms with Crippen LogP contribution in [-0.2, 0) is 0 Å². The van der Waals surface area contributed by atoms with Crippen LogP contribution in [-0.4, -0.2) is 36.5 Å². The SMILES string of the molecule is Cc1cc(F)ccc1C(=O)NC1CCN(C)C(C)C1. The largest absolute Gasteiger partial charge is 0.349 e. The first-order chi connectivity index (χ1) is 8.97. The molecule has 3 nitrogen and oxygen atoms in total. The molecule has 1 aliphatic rings. The second-order valence-corrected chi connectivity index (χ2v) is 5.48. The summed E-state index contributed by atoms with van der Waals surface area (Å²) in [6, 6.07) is 4.97. The van der Waals surface area contributed by atoms with Crippen LogP contribution in [0.2, 0.25) is 0 Å². The number of halogens is 1. The van der Waals surface area contributed by atoms with Crippen molar-refractivity contribution >= 4 is 5.91 Å². The number of rotatable bonds is 2. The highest BCUT2D eigenvalue weighted by Crippen LogP contribution is 2.17. The Balaban J connectivity index is 2.01. The Bertz CT molecular complexity index is 475. The Morgan fingerprint density at radius 2 is 2.21 bits per heavy atom. The standard InChI is InChI=1S/C15H21FN2O/c1-10-8-12(16)4-5-14(10)15(19)17-13-6-7-18(3)11(2)9-13/h4-5,8,11,13H,6-7,9H2,1-3H3,(H,17,19). The van der Waals surface area contributed by atoms with E-state index in [4.69, 9.17) is 0 Å². The molecule has 104 valence electrons. The molecule has 0 aliphatic carbocycles. The van der Waals surface area contributed by atoms with Crippen LogP contribution in [0.5, 0.6) is 0 Å². The van der Waals surface area contributed by atoms with Crippen molar-refractivity contribution in [3.63, 3.8) is 0 Å². The maximum atomic E-state index is 13.0. The average Bonchev–Trinajstić information content (AvgIpc) is 2.33.